The third-order valence-corrected chi connectivity index (χ3v) is 2.91. The van der Waals surface area contributed by atoms with E-state index in [0.717, 1.165) is 25.7 Å². The SMILES string of the molecule is CC[C@@H]1CCCCN1C(=O)COCC(F)(F)F. The zero-order valence-electron chi connectivity index (χ0n) is 9.92. The molecule has 0 aromatic rings. The molecule has 1 amide bonds. The fourth-order valence-electron chi connectivity index (χ4n) is 2.09. The van der Waals surface area contributed by atoms with E-state index in [4.69, 9.17) is 0 Å². The molecule has 1 aliphatic rings. The van der Waals surface area contributed by atoms with E-state index in [1.165, 1.54) is 0 Å². The van der Waals surface area contributed by atoms with E-state index < -0.39 is 19.4 Å². The highest BCUT2D eigenvalue weighted by atomic mass is 19.4. The molecule has 17 heavy (non-hydrogen) atoms. The van der Waals surface area contributed by atoms with Crippen LogP contribution in [0, 0.1) is 0 Å². The van der Waals surface area contributed by atoms with Crippen LogP contribution in [0.25, 0.3) is 0 Å². The van der Waals surface area contributed by atoms with Crippen molar-refractivity contribution in [2.75, 3.05) is 19.8 Å². The predicted molar refractivity (Wildman–Crippen MR) is 56.5 cm³/mol. The summed E-state index contributed by atoms with van der Waals surface area (Å²) in [5, 5.41) is 0. The molecule has 0 bridgehead atoms. The Labute approximate surface area is 98.9 Å². The number of likely N-dealkylation sites (tertiary alicyclic amines) is 1. The van der Waals surface area contributed by atoms with Crippen molar-refractivity contribution in [2.24, 2.45) is 0 Å². The van der Waals surface area contributed by atoms with E-state index in [-0.39, 0.29) is 11.9 Å². The number of ether oxygens (including phenoxy) is 1. The molecule has 1 rings (SSSR count). The second-order valence-corrected chi connectivity index (χ2v) is 4.25. The molecule has 100 valence electrons. The Morgan fingerprint density at radius 2 is 2.12 bits per heavy atom. The Morgan fingerprint density at radius 3 is 2.71 bits per heavy atom. The highest BCUT2D eigenvalue weighted by Crippen LogP contribution is 2.20. The summed E-state index contributed by atoms with van der Waals surface area (Å²) in [5.41, 5.74) is 0. The normalized spacial score (nSPS) is 21.6. The van der Waals surface area contributed by atoms with Gasteiger partial charge in [-0.25, -0.2) is 0 Å². The molecule has 0 aromatic heterocycles. The van der Waals surface area contributed by atoms with E-state index in [1.54, 1.807) is 4.90 Å². The monoisotopic (exact) mass is 253 g/mol. The number of piperidine rings is 1. The quantitative estimate of drug-likeness (QED) is 0.769. The van der Waals surface area contributed by atoms with Crippen molar-refractivity contribution in [1.29, 1.82) is 0 Å². The van der Waals surface area contributed by atoms with Crippen LogP contribution in [0.15, 0.2) is 0 Å². The molecule has 0 aromatic carbocycles. The van der Waals surface area contributed by atoms with E-state index in [1.807, 2.05) is 6.92 Å². The zero-order chi connectivity index (χ0) is 12.9. The third-order valence-electron chi connectivity index (χ3n) is 2.91. The molecule has 1 saturated heterocycles. The van der Waals surface area contributed by atoms with Gasteiger partial charge in [-0.2, -0.15) is 13.2 Å². The number of nitrogens with zero attached hydrogens (tertiary/aromatic N) is 1. The van der Waals surface area contributed by atoms with Gasteiger partial charge in [0.25, 0.3) is 0 Å². The first kappa shape index (κ1) is 14.3. The summed E-state index contributed by atoms with van der Waals surface area (Å²) in [7, 11) is 0. The smallest absolute Gasteiger partial charge is 0.362 e. The van der Waals surface area contributed by atoms with E-state index in [2.05, 4.69) is 4.74 Å². The average Bonchev–Trinajstić information content (AvgIpc) is 2.27. The van der Waals surface area contributed by atoms with Gasteiger partial charge in [0.15, 0.2) is 0 Å². The lowest BCUT2D eigenvalue weighted by Gasteiger charge is -2.35. The van der Waals surface area contributed by atoms with Crippen LogP contribution in [0.4, 0.5) is 13.2 Å². The lowest BCUT2D eigenvalue weighted by Crippen LogP contribution is -2.45. The maximum Gasteiger partial charge on any atom is 0.411 e. The maximum atomic E-state index is 11.8. The minimum Gasteiger partial charge on any atom is -0.362 e. The molecular formula is C11H18F3NO2. The fraction of sp³-hybridized carbons (Fsp3) is 0.909. The van der Waals surface area contributed by atoms with E-state index >= 15 is 0 Å². The van der Waals surface area contributed by atoms with Gasteiger partial charge < -0.3 is 9.64 Å². The first-order valence-corrected chi connectivity index (χ1v) is 5.88. The molecule has 0 N–H and O–H groups in total. The number of carbonyl (C=O) groups is 1. The van der Waals surface area contributed by atoms with Crippen LogP contribution in [0.1, 0.15) is 32.6 Å². The highest BCUT2D eigenvalue weighted by molar-refractivity contribution is 5.77. The second kappa shape index (κ2) is 6.23. The van der Waals surface area contributed by atoms with Gasteiger partial charge in [0.05, 0.1) is 0 Å². The molecule has 3 nitrogen and oxygen atoms in total. The van der Waals surface area contributed by atoms with Crippen molar-refractivity contribution < 1.29 is 22.7 Å². The summed E-state index contributed by atoms with van der Waals surface area (Å²) in [6.45, 7) is 0.777. The molecule has 0 radical (unpaired) electrons. The minimum atomic E-state index is -4.37. The fourth-order valence-corrected chi connectivity index (χ4v) is 2.09. The van der Waals surface area contributed by atoms with Crippen LogP contribution in [0.2, 0.25) is 0 Å². The second-order valence-electron chi connectivity index (χ2n) is 4.25. The topological polar surface area (TPSA) is 29.5 Å². The van der Waals surface area contributed by atoms with Crippen LogP contribution in [0.5, 0.6) is 0 Å². The van der Waals surface area contributed by atoms with Gasteiger partial charge in [0.2, 0.25) is 5.91 Å². The average molecular weight is 253 g/mol. The van der Waals surface area contributed by atoms with Gasteiger partial charge in [-0.05, 0) is 25.7 Å². The highest BCUT2D eigenvalue weighted by Gasteiger charge is 2.29. The zero-order valence-corrected chi connectivity index (χ0v) is 9.92. The van der Waals surface area contributed by atoms with Gasteiger partial charge in [-0.3, -0.25) is 4.79 Å². The molecule has 1 heterocycles. The largest absolute Gasteiger partial charge is 0.411 e. The molecule has 0 unspecified atom stereocenters. The van der Waals surface area contributed by atoms with Gasteiger partial charge in [-0.1, -0.05) is 6.92 Å². The van der Waals surface area contributed by atoms with Crippen LogP contribution >= 0.6 is 0 Å². The Balaban J connectivity index is 2.35. The van der Waals surface area contributed by atoms with Crippen LogP contribution in [-0.4, -0.2) is 42.8 Å². The number of carbonyl (C=O) groups excluding carboxylic acids is 1. The molecule has 1 aliphatic heterocycles. The Kier molecular flexibility index (Phi) is 5.24. The third kappa shape index (κ3) is 4.93. The lowest BCUT2D eigenvalue weighted by molar-refractivity contribution is -0.178. The number of alkyl halides is 3. The van der Waals surface area contributed by atoms with Crippen LogP contribution < -0.4 is 0 Å². The van der Waals surface area contributed by atoms with Crippen molar-refractivity contribution in [3.8, 4) is 0 Å². The van der Waals surface area contributed by atoms with E-state index in [0.29, 0.717) is 6.54 Å². The Bertz CT molecular complexity index is 256. The standard InChI is InChI=1S/C11H18F3NO2/c1-2-9-5-3-4-6-15(9)10(16)7-17-8-11(12,13)14/h9H,2-8H2,1H3/t9-/m1/s1. The van der Waals surface area contributed by atoms with Crippen molar-refractivity contribution in [2.45, 2.75) is 44.8 Å². The summed E-state index contributed by atoms with van der Waals surface area (Å²) in [6, 6.07) is 0.158. The number of hydrogen-bond acceptors (Lipinski definition) is 2. The molecule has 0 saturated carbocycles. The van der Waals surface area contributed by atoms with Crippen molar-refractivity contribution in [3.05, 3.63) is 0 Å². The summed E-state index contributed by atoms with van der Waals surface area (Å²) >= 11 is 0. The summed E-state index contributed by atoms with van der Waals surface area (Å²) in [5.74, 6) is -0.333. The predicted octanol–water partition coefficient (Wildman–Crippen LogP) is 2.36. The van der Waals surface area contributed by atoms with Crippen molar-refractivity contribution >= 4 is 5.91 Å². The van der Waals surface area contributed by atoms with Gasteiger partial charge in [0, 0.05) is 12.6 Å². The molecule has 0 aliphatic carbocycles. The molecule has 6 heteroatoms. The molecule has 1 atom stereocenters. The van der Waals surface area contributed by atoms with Crippen molar-refractivity contribution in [3.63, 3.8) is 0 Å². The summed E-state index contributed by atoms with van der Waals surface area (Å²) in [6.07, 6.45) is -0.605. The first-order chi connectivity index (χ1) is 7.94. The minimum absolute atomic E-state index is 0.158. The Morgan fingerprint density at radius 1 is 1.41 bits per heavy atom. The molecule has 1 fully saturated rings. The summed E-state index contributed by atoms with van der Waals surface area (Å²) in [4.78, 5) is 13.3. The van der Waals surface area contributed by atoms with Gasteiger partial charge in [0.1, 0.15) is 13.2 Å². The molecular weight excluding hydrogens is 235 g/mol. The number of amides is 1. The first-order valence-electron chi connectivity index (χ1n) is 5.88. The van der Waals surface area contributed by atoms with E-state index in [9.17, 15) is 18.0 Å². The summed E-state index contributed by atoms with van der Waals surface area (Å²) < 4.78 is 39.9. The van der Waals surface area contributed by atoms with Crippen LogP contribution in [0.3, 0.4) is 0 Å². The van der Waals surface area contributed by atoms with Gasteiger partial charge >= 0.3 is 6.18 Å². The number of rotatable bonds is 4. The maximum absolute atomic E-state index is 11.8. The number of halogens is 3. The van der Waals surface area contributed by atoms with Crippen molar-refractivity contribution in [1.82, 2.24) is 4.90 Å². The number of hydrogen-bond donors (Lipinski definition) is 0. The molecule has 0 spiro atoms. The Hall–Kier alpha value is -0.780. The lowest BCUT2D eigenvalue weighted by atomic mass is 10.00. The van der Waals surface area contributed by atoms with Crippen LogP contribution in [-0.2, 0) is 9.53 Å². The van der Waals surface area contributed by atoms with Gasteiger partial charge in [-0.15, -0.1) is 0 Å².